The number of carbonyl (C=O) groups is 1. The Balaban J connectivity index is 1.94. The average molecular weight is 355 g/mol. The molecule has 6 heteroatoms. The Morgan fingerprint density at radius 3 is 2.54 bits per heavy atom. The van der Waals surface area contributed by atoms with Gasteiger partial charge in [-0.1, -0.05) is 37.3 Å². The molecule has 0 aliphatic rings. The van der Waals surface area contributed by atoms with Gasteiger partial charge in [0.1, 0.15) is 0 Å². The Hall–Kier alpha value is -2.73. The quantitative estimate of drug-likeness (QED) is 0.572. The van der Waals surface area contributed by atoms with E-state index in [0.29, 0.717) is 24.2 Å². The molecule has 0 radical (unpaired) electrons. The van der Waals surface area contributed by atoms with Crippen molar-refractivity contribution in [1.29, 1.82) is 0 Å². The van der Waals surface area contributed by atoms with Gasteiger partial charge in [-0.05, 0) is 37.6 Å². The molecule has 0 atom stereocenters. The number of nitrogens with one attached hydrogen (secondary N) is 1. The Morgan fingerprint density at radius 1 is 1.15 bits per heavy atom. The summed E-state index contributed by atoms with van der Waals surface area (Å²) in [5.74, 6) is -0.142. The summed E-state index contributed by atoms with van der Waals surface area (Å²) >= 11 is 0. The van der Waals surface area contributed by atoms with Gasteiger partial charge in [-0.25, -0.2) is 0 Å². The molecule has 0 bridgehead atoms. The maximum absolute atomic E-state index is 12.3. The van der Waals surface area contributed by atoms with Crippen molar-refractivity contribution >= 4 is 17.3 Å². The Kier molecular flexibility index (Phi) is 6.86. The van der Waals surface area contributed by atoms with Crippen LogP contribution in [-0.2, 0) is 11.3 Å². The van der Waals surface area contributed by atoms with Gasteiger partial charge >= 0.3 is 0 Å². The first-order valence-corrected chi connectivity index (χ1v) is 8.73. The highest BCUT2D eigenvalue weighted by atomic mass is 16.6. The van der Waals surface area contributed by atoms with Gasteiger partial charge < -0.3 is 5.32 Å². The molecule has 2 aromatic carbocycles. The first-order valence-electron chi connectivity index (χ1n) is 8.73. The van der Waals surface area contributed by atoms with E-state index in [0.717, 1.165) is 13.1 Å². The molecule has 0 saturated heterocycles. The molecular weight excluding hydrogens is 330 g/mol. The van der Waals surface area contributed by atoms with Crippen molar-refractivity contribution in [2.45, 2.75) is 33.7 Å². The van der Waals surface area contributed by atoms with Crippen LogP contribution in [0.5, 0.6) is 0 Å². The summed E-state index contributed by atoms with van der Waals surface area (Å²) in [7, 11) is 0. The van der Waals surface area contributed by atoms with Gasteiger partial charge in [-0.3, -0.25) is 19.8 Å². The molecule has 0 aliphatic carbocycles. The molecule has 26 heavy (non-hydrogen) atoms. The van der Waals surface area contributed by atoms with Crippen LogP contribution in [-0.4, -0.2) is 28.8 Å². The third-order valence-electron chi connectivity index (χ3n) is 4.53. The van der Waals surface area contributed by atoms with E-state index >= 15 is 0 Å². The second-order valence-electron chi connectivity index (χ2n) is 6.30. The number of nitro groups is 1. The van der Waals surface area contributed by atoms with Gasteiger partial charge in [-0.2, -0.15) is 0 Å². The van der Waals surface area contributed by atoms with Crippen LogP contribution < -0.4 is 5.32 Å². The molecule has 0 unspecified atom stereocenters. The highest BCUT2D eigenvalue weighted by Crippen LogP contribution is 2.25. The zero-order valence-corrected chi connectivity index (χ0v) is 15.5. The summed E-state index contributed by atoms with van der Waals surface area (Å²) in [5, 5.41) is 13.8. The number of carbonyl (C=O) groups excluding carboxylic acids is 1. The zero-order valence-electron chi connectivity index (χ0n) is 15.5. The summed E-state index contributed by atoms with van der Waals surface area (Å²) in [6.45, 7) is 8.07. The van der Waals surface area contributed by atoms with Gasteiger partial charge in [0.15, 0.2) is 0 Å². The van der Waals surface area contributed by atoms with Gasteiger partial charge in [0.2, 0.25) is 5.91 Å². The number of benzene rings is 2. The minimum atomic E-state index is -0.438. The van der Waals surface area contributed by atoms with Crippen molar-refractivity contribution in [2.75, 3.05) is 18.4 Å². The zero-order chi connectivity index (χ0) is 19.1. The normalized spacial score (nSPS) is 10.8. The van der Waals surface area contributed by atoms with Crippen LogP contribution in [0.15, 0.2) is 42.5 Å². The highest BCUT2D eigenvalue weighted by molar-refractivity contribution is 5.92. The van der Waals surface area contributed by atoms with Crippen LogP contribution in [0.4, 0.5) is 11.4 Å². The van der Waals surface area contributed by atoms with E-state index < -0.39 is 4.92 Å². The van der Waals surface area contributed by atoms with Crippen LogP contribution in [0.1, 0.15) is 30.0 Å². The SMILES string of the molecule is CCN(CCC(=O)Nc1cccc([N+](=O)[O-])c1C)Cc1ccccc1C. The number of nitro benzene ring substituents is 1. The fourth-order valence-electron chi connectivity index (χ4n) is 2.81. The molecule has 1 amide bonds. The highest BCUT2D eigenvalue weighted by Gasteiger charge is 2.15. The van der Waals surface area contributed by atoms with Crippen molar-refractivity contribution in [3.63, 3.8) is 0 Å². The van der Waals surface area contributed by atoms with Crippen LogP contribution in [0.25, 0.3) is 0 Å². The van der Waals surface area contributed by atoms with Crippen LogP contribution >= 0.6 is 0 Å². The summed E-state index contributed by atoms with van der Waals surface area (Å²) in [4.78, 5) is 25.1. The summed E-state index contributed by atoms with van der Waals surface area (Å²) in [6, 6.07) is 12.9. The lowest BCUT2D eigenvalue weighted by Crippen LogP contribution is -2.27. The predicted octanol–water partition coefficient (Wildman–Crippen LogP) is 4.06. The molecule has 2 rings (SSSR count). The minimum Gasteiger partial charge on any atom is -0.326 e. The van der Waals surface area contributed by atoms with Crippen molar-refractivity contribution in [3.8, 4) is 0 Å². The minimum absolute atomic E-state index is 0.0116. The number of rotatable bonds is 8. The largest absolute Gasteiger partial charge is 0.326 e. The van der Waals surface area contributed by atoms with Crippen LogP contribution in [0.3, 0.4) is 0 Å². The second-order valence-corrected chi connectivity index (χ2v) is 6.30. The lowest BCUT2D eigenvalue weighted by molar-refractivity contribution is -0.385. The number of aryl methyl sites for hydroxylation is 1. The number of hydrogen-bond acceptors (Lipinski definition) is 4. The van der Waals surface area contributed by atoms with Crippen LogP contribution in [0, 0.1) is 24.0 Å². The smallest absolute Gasteiger partial charge is 0.274 e. The number of hydrogen-bond donors (Lipinski definition) is 1. The van der Waals surface area contributed by atoms with E-state index in [1.54, 1.807) is 19.1 Å². The van der Waals surface area contributed by atoms with Gasteiger partial charge in [0, 0.05) is 25.6 Å². The number of nitrogens with zero attached hydrogens (tertiary/aromatic N) is 2. The van der Waals surface area contributed by atoms with E-state index in [9.17, 15) is 14.9 Å². The molecule has 0 spiro atoms. The van der Waals surface area contributed by atoms with Crippen LogP contribution in [0.2, 0.25) is 0 Å². The molecule has 0 aliphatic heterocycles. The van der Waals surface area contributed by atoms with Gasteiger partial charge in [0.05, 0.1) is 16.2 Å². The maximum atomic E-state index is 12.3. The topological polar surface area (TPSA) is 75.5 Å². The molecule has 6 nitrogen and oxygen atoms in total. The predicted molar refractivity (Wildman–Crippen MR) is 103 cm³/mol. The molecular formula is C20H25N3O3. The Morgan fingerprint density at radius 2 is 1.88 bits per heavy atom. The average Bonchev–Trinajstić information content (AvgIpc) is 2.61. The van der Waals surface area contributed by atoms with Crippen molar-refractivity contribution in [1.82, 2.24) is 4.90 Å². The molecule has 2 aromatic rings. The lowest BCUT2D eigenvalue weighted by atomic mass is 10.1. The van der Waals surface area contributed by atoms with Gasteiger partial charge in [-0.15, -0.1) is 0 Å². The first kappa shape index (κ1) is 19.6. The third-order valence-corrected chi connectivity index (χ3v) is 4.53. The summed E-state index contributed by atoms with van der Waals surface area (Å²) in [6.07, 6.45) is 0.335. The van der Waals surface area contributed by atoms with E-state index in [4.69, 9.17) is 0 Å². The third kappa shape index (κ3) is 5.13. The molecule has 0 heterocycles. The van der Waals surface area contributed by atoms with E-state index in [1.165, 1.54) is 17.2 Å². The molecule has 0 aromatic heterocycles. The second kappa shape index (κ2) is 9.10. The van der Waals surface area contributed by atoms with E-state index in [-0.39, 0.29) is 11.6 Å². The summed E-state index contributed by atoms with van der Waals surface area (Å²) < 4.78 is 0. The van der Waals surface area contributed by atoms with E-state index in [2.05, 4.69) is 36.2 Å². The molecule has 0 fully saturated rings. The molecule has 0 saturated carbocycles. The maximum Gasteiger partial charge on any atom is 0.274 e. The van der Waals surface area contributed by atoms with E-state index in [1.807, 2.05) is 12.1 Å². The lowest BCUT2D eigenvalue weighted by Gasteiger charge is -2.21. The van der Waals surface area contributed by atoms with Gasteiger partial charge in [0.25, 0.3) is 5.69 Å². The Labute approximate surface area is 154 Å². The monoisotopic (exact) mass is 355 g/mol. The standard InChI is InChI=1S/C20H25N3O3/c1-4-22(14-17-9-6-5-8-15(17)2)13-12-20(24)21-18-10-7-11-19(16(18)3)23(25)26/h5-11H,4,12-14H2,1-3H3,(H,21,24). The molecule has 1 N–H and O–H groups in total. The molecule has 138 valence electrons. The van der Waals surface area contributed by atoms with Crippen molar-refractivity contribution in [2.24, 2.45) is 0 Å². The van der Waals surface area contributed by atoms with Crippen molar-refractivity contribution < 1.29 is 9.72 Å². The first-order chi connectivity index (χ1) is 12.4. The van der Waals surface area contributed by atoms with Crippen molar-refractivity contribution in [3.05, 3.63) is 69.3 Å². The Bertz CT molecular complexity index is 790. The fraction of sp³-hybridized carbons (Fsp3) is 0.350. The summed E-state index contributed by atoms with van der Waals surface area (Å²) in [5.41, 5.74) is 3.47. The number of amides is 1. The fourth-order valence-corrected chi connectivity index (χ4v) is 2.81. The number of anilines is 1.